The lowest BCUT2D eigenvalue weighted by molar-refractivity contribution is 0.0734. The van der Waals surface area contributed by atoms with Crippen LogP contribution in [0.1, 0.15) is 39.3 Å². The van der Waals surface area contributed by atoms with Crippen LogP contribution in [0.4, 0.5) is 0 Å². The fourth-order valence-corrected chi connectivity index (χ4v) is 3.19. The number of rotatable bonds is 7. The highest BCUT2D eigenvalue weighted by Crippen LogP contribution is 2.15. The molecule has 0 aliphatic carbocycles. The van der Waals surface area contributed by atoms with E-state index in [4.69, 9.17) is 0 Å². The van der Waals surface area contributed by atoms with Crippen LogP contribution in [0.25, 0.3) is 0 Å². The number of amides is 1. The van der Waals surface area contributed by atoms with Crippen LogP contribution in [0.3, 0.4) is 0 Å². The van der Waals surface area contributed by atoms with Crippen molar-refractivity contribution in [1.82, 2.24) is 14.7 Å². The zero-order valence-corrected chi connectivity index (χ0v) is 16.4. The van der Waals surface area contributed by atoms with E-state index in [1.165, 1.54) is 16.7 Å². The second kappa shape index (κ2) is 8.67. The van der Waals surface area contributed by atoms with Gasteiger partial charge in [0.05, 0.1) is 0 Å². The molecule has 0 saturated carbocycles. The number of benzene rings is 2. The monoisotopic (exact) mass is 361 g/mol. The first-order valence-corrected chi connectivity index (χ1v) is 9.43. The van der Waals surface area contributed by atoms with Crippen molar-refractivity contribution in [1.29, 1.82) is 0 Å². The van der Waals surface area contributed by atoms with Crippen molar-refractivity contribution in [3.63, 3.8) is 0 Å². The highest BCUT2D eigenvalue weighted by Gasteiger charge is 2.20. The summed E-state index contributed by atoms with van der Waals surface area (Å²) in [6.07, 6.45) is 1.88. The molecule has 0 fully saturated rings. The van der Waals surface area contributed by atoms with Crippen LogP contribution in [0, 0.1) is 13.8 Å². The Bertz CT molecular complexity index is 879. The zero-order valence-electron chi connectivity index (χ0n) is 16.4. The normalized spacial score (nSPS) is 10.8. The van der Waals surface area contributed by atoms with Crippen molar-refractivity contribution in [3.05, 3.63) is 88.7 Å². The van der Waals surface area contributed by atoms with E-state index < -0.39 is 0 Å². The summed E-state index contributed by atoms with van der Waals surface area (Å²) in [5.74, 6) is -0.00462. The molecule has 0 spiro atoms. The third kappa shape index (κ3) is 4.85. The molecule has 27 heavy (non-hydrogen) atoms. The number of nitrogens with zero attached hydrogens (tertiary/aromatic N) is 3. The summed E-state index contributed by atoms with van der Waals surface area (Å²) in [7, 11) is 1.87. The molecule has 0 unspecified atom stereocenters. The summed E-state index contributed by atoms with van der Waals surface area (Å²) in [5, 5.41) is 4.39. The number of carbonyl (C=O) groups is 1. The van der Waals surface area contributed by atoms with Gasteiger partial charge in [0.25, 0.3) is 5.91 Å². The molecular weight excluding hydrogens is 334 g/mol. The lowest BCUT2D eigenvalue weighted by atomic mass is 10.1. The van der Waals surface area contributed by atoms with Gasteiger partial charge in [-0.3, -0.25) is 9.48 Å². The van der Waals surface area contributed by atoms with E-state index in [2.05, 4.69) is 48.4 Å². The van der Waals surface area contributed by atoms with Gasteiger partial charge in [0, 0.05) is 25.8 Å². The number of aromatic nitrogens is 2. The molecule has 140 valence electrons. The second-order valence-electron chi connectivity index (χ2n) is 7.04. The zero-order chi connectivity index (χ0) is 19.2. The molecule has 4 nitrogen and oxygen atoms in total. The molecular formula is C23H27N3O. The number of hydrogen-bond acceptors (Lipinski definition) is 2. The topological polar surface area (TPSA) is 38.1 Å². The largest absolute Gasteiger partial charge is 0.333 e. The lowest BCUT2D eigenvalue weighted by Crippen LogP contribution is -2.32. The summed E-state index contributed by atoms with van der Waals surface area (Å²) < 4.78 is 1.75. The molecule has 0 bridgehead atoms. The Labute approximate surface area is 161 Å². The van der Waals surface area contributed by atoms with Gasteiger partial charge in [-0.2, -0.15) is 5.10 Å². The van der Waals surface area contributed by atoms with E-state index >= 15 is 0 Å². The van der Waals surface area contributed by atoms with Crippen molar-refractivity contribution in [2.24, 2.45) is 7.05 Å². The minimum atomic E-state index is -0.00462. The molecule has 0 aliphatic rings. The maximum absolute atomic E-state index is 13.1. The average Bonchev–Trinajstić information content (AvgIpc) is 3.01. The first-order valence-electron chi connectivity index (χ1n) is 9.43. The van der Waals surface area contributed by atoms with Crippen LogP contribution >= 0.6 is 0 Å². The van der Waals surface area contributed by atoms with Gasteiger partial charge in [-0.25, -0.2) is 0 Å². The molecule has 1 heterocycles. The van der Waals surface area contributed by atoms with Crippen molar-refractivity contribution in [3.8, 4) is 0 Å². The summed E-state index contributed by atoms with van der Waals surface area (Å²) >= 11 is 0. The molecule has 1 amide bonds. The van der Waals surface area contributed by atoms with Crippen LogP contribution in [0.5, 0.6) is 0 Å². The molecule has 0 atom stereocenters. The average molecular weight is 361 g/mol. The number of carbonyl (C=O) groups excluding carboxylic acids is 1. The van der Waals surface area contributed by atoms with Gasteiger partial charge >= 0.3 is 0 Å². The Morgan fingerprint density at radius 2 is 1.74 bits per heavy atom. The predicted molar refractivity (Wildman–Crippen MR) is 109 cm³/mol. The number of hydrogen-bond donors (Lipinski definition) is 0. The molecule has 0 N–H and O–H groups in total. The van der Waals surface area contributed by atoms with Gasteiger partial charge in [-0.05, 0) is 49.4 Å². The van der Waals surface area contributed by atoms with Gasteiger partial charge in [0.2, 0.25) is 0 Å². The van der Waals surface area contributed by atoms with Gasteiger partial charge in [-0.15, -0.1) is 0 Å². The van der Waals surface area contributed by atoms with Crippen molar-refractivity contribution >= 4 is 5.91 Å². The molecule has 3 aromatic rings. The van der Waals surface area contributed by atoms with Crippen molar-refractivity contribution in [2.45, 2.75) is 33.2 Å². The van der Waals surface area contributed by atoms with Gasteiger partial charge in [0.15, 0.2) is 5.69 Å². The molecule has 4 heteroatoms. The lowest BCUT2D eigenvalue weighted by Gasteiger charge is -2.23. The fourth-order valence-electron chi connectivity index (χ4n) is 3.19. The SMILES string of the molecule is Cc1ccccc1CN(CCCc1ccccc1)C(=O)c1cc(C)n(C)n1. The van der Waals surface area contributed by atoms with E-state index in [-0.39, 0.29) is 5.91 Å². The molecule has 0 aliphatic heterocycles. The minimum absolute atomic E-state index is 0.00462. The smallest absolute Gasteiger partial charge is 0.274 e. The minimum Gasteiger partial charge on any atom is -0.333 e. The Hall–Kier alpha value is -2.88. The first kappa shape index (κ1) is 18.9. The van der Waals surface area contributed by atoms with E-state index in [0.29, 0.717) is 18.8 Å². The maximum atomic E-state index is 13.1. The van der Waals surface area contributed by atoms with Crippen molar-refractivity contribution in [2.75, 3.05) is 6.54 Å². The second-order valence-corrected chi connectivity index (χ2v) is 7.04. The van der Waals surface area contributed by atoms with E-state index in [1.807, 2.05) is 43.1 Å². The van der Waals surface area contributed by atoms with E-state index in [1.54, 1.807) is 4.68 Å². The number of aryl methyl sites for hydroxylation is 4. The van der Waals surface area contributed by atoms with Crippen LogP contribution < -0.4 is 0 Å². The summed E-state index contributed by atoms with van der Waals surface area (Å²) in [5.41, 5.74) is 5.19. The van der Waals surface area contributed by atoms with E-state index in [9.17, 15) is 4.79 Å². The Morgan fingerprint density at radius 1 is 1.04 bits per heavy atom. The van der Waals surface area contributed by atoms with Crippen LogP contribution in [-0.2, 0) is 20.0 Å². The van der Waals surface area contributed by atoms with Crippen molar-refractivity contribution < 1.29 is 4.79 Å². The van der Waals surface area contributed by atoms with Crippen LogP contribution in [-0.4, -0.2) is 27.1 Å². The van der Waals surface area contributed by atoms with Gasteiger partial charge in [-0.1, -0.05) is 54.6 Å². The molecule has 2 aromatic carbocycles. The Kier molecular flexibility index (Phi) is 6.07. The molecule has 3 rings (SSSR count). The third-order valence-corrected chi connectivity index (χ3v) is 4.98. The van der Waals surface area contributed by atoms with Crippen LogP contribution in [0.2, 0.25) is 0 Å². The highest BCUT2D eigenvalue weighted by atomic mass is 16.2. The third-order valence-electron chi connectivity index (χ3n) is 4.98. The maximum Gasteiger partial charge on any atom is 0.274 e. The Morgan fingerprint density at radius 3 is 2.41 bits per heavy atom. The summed E-state index contributed by atoms with van der Waals surface area (Å²) in [6, 6.07) is 20.5. The van der Waals surface area contributed by atoms with Gasteiger partial charge in [0.1, 0.15) is 0 Å². The Balaban J connectivity index is 1.75. The summed E-state index contributed by atoms with van der Waals surface area (Å²) in [4.78, 5) is 15.0. The standard InChI is InChI=1S/C23H27N3O/c1-18-10-7-8-14-21(18)17-26(15-9-13-20-11-5-4-6-12-20)23(27)22-16-19(2)25(3)24-22/h4-8,10-12,14,16H,9,13,15,17H2,1-3H3. The van der Waals surface area contributed by atoms with E-state index in [0.717, 1.165) is 18.5 Å². The predicted octanol–water partition coefficient (Wildman–Crippen LogP) is 4.31. The summed E-state index contributed by atoms with van der Waals surface area (Å²) in [6.45, 7) is 5.37. The first-order chi connectivity index (χ1) is 13.0. The van der Waals surface area contributed by atoms with Crippen LogP contribution in [0.15, 0.2) is 60.7 Å². The molecule has 1 aromatic heterocycles. The highest BCUT2D eigenvalue weighted by molar-refractivity contribution is 5.92. The molecule has 0 saturated heterocycles. The quantitative estimate of drug-likeness (QED) is 0.629. The molecule has 0 radical (unpaired) electrons. The van der Waals surface area contributed by atoms with Gasteiger partial charge < -0.3 is 4.90 Å². The fraction of sp³-hybridized carbons (Fsp3) is 0.304.